The largest absolute Gasteiger partial charge is 0.497 e. The highest BCUT2D eigenvalue weighted by molar-refractivity contribution is 7.80. The first-order valence-corrected chi connectivity index (χ1v) is 13.3. The Morgan fingerprint density at radius 1 is 0.821 bits per heavy atom. The van der Waals surface area contributed by atoms with Crippen LogP contribution in [0.25, 0.3) is 5.69 Å². The number of anilines is 1. The molecule has 2 unspecified atom stereocenters. The number of ether oxygens (including phenoxy) is 2. The normalized spacial score (nSPS) is 16.7. The number of nitrogens with zero attached hydrogens (tertiary/aromatic N) is 3. The summed E-state index contributed by atoms with van der Waals surface area (Å²) in [5, 5.41) is 4.83. The Labute approximate surface area is 237 Å². The molecule has 6 rings (SSSR count). The van der Waals surface area contributed by atoms with E-state index in [1.165, 1.54) is 0 Å². The summed E-state index contributed by atoms with van der Waals surface area (Å²) in [5.74, 6) is 2.24. The molecule has 8 heteroatoms. The van der Waals surface area contributed by atoms with E-state index in [0.717, 1.165) is 40.0 Å². The zero-order valence-electron chi connectivity index (χ0n) is 21.1. The van der Waals surface area contributed by atoms with E-state index in [1.807, 2.05) is 103 Å². The number of benzene rings is 3. The lowest BCUT2D eigenvalue weighted by atomic mass is 10.0. The van der Waals surface area contributed by atoms with Gasteiger partial charge in [-0.15, -0.1) is 0 Å². The summed E-state index contributed by atoms with van der Waals surface area (Å²) < 4.78 is 13.4. The maximum atomic E-state index is 6.35. The summed E-state index contributed by atoms with van der Waals surface area (Å²) in [6.45, 7) is 0. The molecule has 1 aliphatic heterocycles. The van der Waals surface area contributed by atoms with Crippen LogP contribution in [0.4, 0.5) is 5.69 Å². The van der Waals surface area contributed by atoms with E-state index in [-0.39, 0.29) is 12.1 Å². The maximum Gasteiger partial charge on any atom is 0.174 e. The van der Waals surface area contributed by atoms with Gasteiger partial charge < -0.3 is 24.3 Å². The highest BCUT2D eigenvalue weighted by Crippen LogP contribution is 2.42. The maximum absolute atomic E-state index is 6.35. The molecule has 1 saturated heterocycles. The van der Waals surface area contributed by atoms with Gasteiger partial charge in [0.25, 0.3) is 0 Å². The summed E-state index contributed by atoms with van der Waals surface area (Å²) >= 11 is 12.3. The third kappa shape index (κ3) is 5.06. The molecule has 3 aromatic carbocycles. The lowest BCUT2D eigenvalue weighted by Crippen LogP contribution is -2.30. The smallest absolute Gasteiger partial charge is 0.174 e. The van der Waals surface area contributed by atoms with Crippen molar-refractivity contribution < 1.29 is 9.47 Å². The monoisotopic (exact) mass is 552 g/mol. The fraction of sp³-hybridized carbons (Fsp3) is 0.0968. The van der Waals surface area contributed by atoms with Gasteiger partial charge >= 0.3 is 0 Å². The third-order valence-corrected chi connectivity index (χ3v) is 7.23. The number of methoxy groups -OCH3 is 1. The number of thiocarbonyl (C=S) groups is 1. The predicted molar refractivity (Wildman–Crippen MR) is 158 cm³/mol. The van der Waals surface area contributed by atoms with E-state index in [2.05, 4.69) is 25.8 Å². The molecule has 1 N–H and O–H groups in total. The van der Waals surface area contributed by atoms with Crippen LogP contribution >= 0.6 is 23.8 Å². The van der Waals surface area contributed by atoms with Gasteiger partial charge in [-0.25, -0.2) is 0 Å². The molecule has 5 aromatic rings. The van der Waals surface area contributed by atoms with Crippen molar-refractivity contribution in [3.63, 3.8) is 0 Å². The van der Waals surface area contributed by atoms with Crippen LogP contribution in [-0.2, 0) is 0 Å². The van der Waals surface area contributed by atoms with Gasteiger partial charge in [-0.1, -0.05) is 23.7 Å². The first-order chi connectivity index (χ1) is 19.1. The molecule has 1 fully saturated rings. The van der Waals surface area contributed by atoms with E-state index in [0.29, 0.717) is 10.1 Å². The quantitative estimate of drug-likeness (QED) is 0.211. The fourth-order valence-corrected chi connectivity index (χ4v) is 5.41. The Morgan fingerprint density at radius 3 is 2.26 bits per heavy atom. The Morgan fingerprint density at radius 2 is 1.56 bits per heavy atom. The van der Waals surface area contributed by atoms with Crippen LogP contribution in [0, 0.1) is 0 Å². The van der Waals surface area contributed by atoms with Crippen molar-refractivity contribution in [2.45, 2.75) is 12.1 Å². The molecular formula is C31H25ClN4O2S. The Hall–Kier alpha value is -4.33. The summed E-state index contributed by atoms with van der Waals surface area (Å²) in [7, 11) is 1.64. The van der Waals surface area contributed by atoms with E-state index in [9.17, 15) is 0 Å². The van der Waals surface area contributed by atoms with E-state index in [1.54, 1.807) is 13.3 Å². The summed E-state index contributed by atoms with van der Waals surface area (Å²) in [4.78, 5) is 6.81. The number of aromatic nitrogens is 2. The number of halogens is 1. The van der Waals surface area contributed by atoms with Crippen LogP contribution in [-0.4, -0.2) is 21.8 Å². The second kappa shape index (κ2) is 10.8. The predicted octanol–water partition coefficient (Wildman–Crippen LogP) is 7.50. The van der Waals surface area contributed by atoms with Crippen LogP contribution < -0.4 is 19.7 Å². The Kier molecular flexibility index (Phi) is 6.92. The first-order valence-electron chi connectivity index (χ1n) is 12.5. The van der Waals surface area contributed by atoms with Gasteiger partial charge in [0.1, 0.15) is 23.3 Å². The number of hydrogen-bond donors (Lipinski definition) is 1. The highest BCUT2D eigenvalue weighted by Gasteiger charge is 2.42. The molecule has 39 heavy (non-hydrogen) atoms. The van der Waals surface area contributed by atoms with Crippen molar-refractivity contribution in [1.82, 2.24) is 14.9 Å². The highest BCUT2D eigenvalue weighted by atomic mass is 35.5. The van der Waals surface area contributed by atoms with Crippen molar-refractivity contribution in [2.75, 3.05) is 12.0 Å². The van der Waals surface area contributed by atoms with Crippen LogP contribution in [0.5, 0.6) is 17.2 Å². The number of nitrogens with one attached hydrogen (secondary N) is 1. The molecule has 3 heterocycles. The molecule has 1 aliphatic rings. The van der Waals surface area contributed by atoms with Gasteiger partial charge in [-0.3, -0.25) is 4.98 Å². The molecule has 0 radical (unpaired) electrons. The van der Waals surface area contributed by atoms with Gasteiger partial charge in [0.15, 0.2) is 5.11 Å². The molecule has 0 bridgehead atoms. The van der Waals surface area contributed by atoms with E-state index in [4.69, 9.17) is 33.3 Å². The standard InChI is InChI=1S/C31H25ClN4O2S/c1-37-24-14-16-26(17-15-24)38-25-12-10-22(11-13-25)36-30(29(34-31(36)39)27-8-2-3-18-33-27)28-9-5-19-35(28)23-7-4-6-21(32)20-23/h2-20,29-30H,1H3,(H,34,39). The Balaban J connectivity index is 1.37. The van der Waals surface area contributed by atoms with Crippen LogP contribution in [0.2, 0.25) is 5.02 Å². The zero-order valence-corrected chi connectivity index (χ0v) is 22.6. The zero-order chi connectivity index (χ0) is 26.8. The lowest BCUT2D eigenvalue weighted by molar-refractivity contribution is 0.413. The average Bonchev–Trinajstić information content (AvgIpc) is 3.59. The summed E-state index contributed by atoms with van der Waals surface area (Å²) in [6, 6.07) is 33.0. The molecule has 0 aliphatic carbocycles. The topological polar surface area (TPSA) is 51.6 Å². The molecule has 0 saturated carbocycles. The second-order valence-electron chi connectivity index (χ2n) is 9.05. The summed E-state index contributed by atoms with van der Waals surface area (Å²) in [5.41, 5.74) is 3.88. The average molecular weight is 553 g/mol. The van der Waals surface area contributed by atoms with Gasteiger partial charge in [0, 0.05) is 34.5 Å². The number of pyridine rings is 1. The minimum Gasteiger partial charge on any atom is -0.497 e. The van der Waals surface area contributed by atoms with Gasteiger partial charge in [0.2, 0.25) is 0 Å². The SMILES string of the molecule is COc1ccc(Oc2ccc(N3C(=S)NC(c4ccccn4)C3c3cccn3-c3cccc(Cl)c3)cc2)cc1. The molecule has 0 spiro atoms. The van der Waals surface area contributed by atoms with E-state index < -0.39 is 0 Å². The molecule has 0 amide bonds. The summed E-state index contributed by atoms with van der Waals surface area (Å²) in [6.07, 6.45) is 3.85. The van der Waals surface area contributed by atoms with Crippen molar-refractivity contribution in [1.29, 1.82) is 0 Å². The van der Waals surface area contributed by atoms with Crippen LogP contribution in [0.3, 0.4) is 0 Å². The lowest BCUT2D eigenvalue weighted by Gasteiger charge is -2.29. The van der Waals surface area contributed by atoms with Crippen molar-refractivity contribution in [3.05, 3.63) is 132 Å². The molecular weight excluding hydrogens is 528 g/mol. The molecule has 2 aromatic heterocycles. The number of hydrogen-bond acceptors (Lipinski definition) is 4. The van der Waals surface area contributed by atoms with Crippen molar-refractivity contribution in [2.24, 2.45) is 0 Å². The molecule has 6 nitrogen and oxygen atoms in total. The molecule has 2 atom stereocenters. The fourth-order valence-electron chi connectivity index (χ4n) is 4.88. The number of rotatable bonds is 7. The van der Waals surface area contributed by atoms with Gasteiger partial charge in [-0.2, -0.15) is 0 Å². The molecule has 194 valence electrons. The van der Waals surface area contributed by atoms with E-state index >= 15 is 0 Å². The van der Waals surface area contributed by atoms with Crippen LogP contribution in [0.15, 0.2) is 116 Å². The minimum atomic E-state index is -0.172. The van der Waals surface area contributed by atoms with Gasteiger partial charge in [-0.05, 0) is 103 Å². The second-order valence-corrected chi connectivity index (χ2v) is 9.87. The van der Waals surface area contributed by atoms with Gasteiger partial charge in [0.05, 0.1) is 18.8 Å². The van der Waals surface area contributed by atoms with Crippen molar-refractivity contribution >= 4 is 34.6 Å². The Bertz CT molecular complexity index is 1590. The van der Waals surface area contributed by atoms with Crippen molar-refractivity contribution in [3.8, 4) is 22.9 Å². The van der Waals surface area contributed by atoms with Crippen LogP contribution in [0.1, 0.15) is 23.5 Å². The third-order valence-electron chi connectivity index (χ3n) is 6.68. The first kappa shape index (κ1) is 25.0. The minimum absolute atomic E-state index is 0.165.